The Balaban J connectivity index is 2.31. The van der Waals surface area contributed by atoms with Crippen molar-refractivity contribution in [3.05, 3.63) is 40.7 Å². The highest BCUT2D eigenvalue weighted by atomic mass is 32.2. The van der Waals surface area contributed by atoms with E-state index in [1.165, 1.54) is 29.7 Å². The van der Waals surface area contributed by atoms with Crippen molar-refractivity contribution in [1.82, 2.24) is 9.71 Å². The van der Waals surface area contributed by atoms with Gasteiger partial charge in [-0.05, 0) is 23.4 Å². The van der Waals surface area contributed by atoms with Crippen molar-refractivity contribution in [2.45, 2.75) is 24.8 Å². The summed E-state index contributed by atoms with van der Waals surface area (Å²) in [5.74, 6) is 0.327. The molecule has 1 atom stereocenters. The SMILES string of the molecule is CC(C)C(NS(=O)(=O)c1ccnc(N)c1)c1cccs1. The van der Waals surface area contributed by atoms with E-state index in [1.807, 2.05) is 31.4 Å². The lowest BCUT2D eigenvalue weighted by Crippen LogP contribution is -2.31. The number of hydrogen-bond acceptors (Lipinski definition) is 5. The first-order valence-electron chi connectivity index (χ1n) is 6.17. The Morgan fingerprint density at radius 2 is 2.10 bits per heavy atom. The lowest BCUT2D eigenvalue weighted by molar-refractivity contribution is 0.469. The van der Waals surface area contributed by atoms with Crippen LogP contribution in [0.25, 0.3) is 0 Å². The van der Waals surface area contributed by atoms with Gasteiger partial charge in [0, 0.05) is 17.1 Å². The van der Waals surface area contributed by atoms with E-state index >= 15 is 0 Å². The van der Waals surface area contributed by atoms with E-state index in [2.05, 4.69) is 9.71 Å². The van der Waals surface area contributed by atoms with Gasteiger partial charge in [-0.25, -0.2) is 18.1 Å². The average molecular weight is 311 g/mol. The third-order valence-corrected chi connectivity index (χ3v) is 5.26. The summed E-state index contributed by atoms with van der Waals surface area (Å²) < 4.78 is 27.5. The van der Waals surface area contributed by atoms with Crippen molar-refractivity contribution < 1.29 is 8.42 Å². The highest BCUT2D eigenvalue weighted by molar-refractivity contribution is 7.89. The van der Waals surface area contributed by atoms with Crippen molar-refractivity contribution in [1.29, 1.82) is 0 Å². The Bertz CT molecular complexity index is 667. The molecule has 1 unspecified atom stereocenters. The van der Waals surface area contributed by atoms with Crippen LogP contribution in [0.3, 0.4) is 0 Å². The number of rotatable bonds is 5. The first kappa shape index (κ1) is 15.0. The fourth-order valence-corrected chi connectivity index (χ4v) is 4.23. The molecule has 0 aliphatic carbocycles. The summed E-state index contributed by atoms with van der Waals surface area (Å²) in [5.41, 5.74) is 5.54. The van der Waals surface area contributed by atoms with Crippen LogP contribution >= 0.6 is 11.3 Å². The number of pyridine rings is 1. The molecule has 0 bridgehead atoms. The summed E-state index contributed by atoms with van der Waals surface area (Å²) >= 11 is 1.53. The number of sulfonamides is 1. The van der Waals surface area contributed by atoms with Gasteiger partial charge in [0.2, 0.25) is 10.0 Å². The van der Waals surface area contributed by atoms with Gasteiger partial charge in [0.15, 0.2) is 0 Å². The van der Waals surface area contributed by atoms with Crippen LogP contribution in [0.2, 0.25) is 0 Å². The van der Waals surface area contributed by atoms with Gasteiger partial charge < -0.3 is 5.73 Å². The Morgan fingerprint density at radius 1 is 1.35 bits per heavy atom. The molecule has 2 aromatic rings. The van der Waals surface area contributed by atoms with Crippen LogP contribution in [0.5, 0.6) is 0 Å². The second-order valence-corrected chi connectivity index (χ2v) is 7.47. The van der Waals surface area contributed by atoms with E-state index in [-0.39, 0.29) is 22.7 Å². The first-order valence-corrected chi connectivity index (χ1v) is 8.53. The number of nitrogen functional groups attached to an aromatic ring is 1. The van der Waals surface area contributed by atoms with E-state index in [4.69, 9.17) is 5.73 Å². The minimum Gasteiger partial charge on any atom is -0.384 e. The second kappa shape index (κ2) is 5.90. The van der Waals surface area contributed by atoms with Crippen LogP contribution in [-0.4, -0.2) is 13.4 Å². The molecule has 0 fully saturated rings. The van der Waals surface area contributed by atoms with Gasteiger partial charge in [0.25, 0.3) is 0 Å². The van der Waals surface area contributed by atoms with Crippen LogP contribution in [-0.2, 0) is 10.0 Å². The molecule has 0 radical (unpaired) electrons. The van der Waals surface area contributed by atoms with Gasteiger partial charge in [0.05, 0.1) is 10.9 Å². The summed E-state index contributed by atoms with van der Waals surface area (Å²) in [6.07, 6.45) is 1.39. The van der Waals surface area contributed by atoms with E-state index in [9.17, 15) is 8.42 Å². The molecule has 2 aromatic heterocycles. The zero-order valence-corrected chi connectivity index (χ0v) is 12.9. The summed E-state index contributed by atoms with van der Waals surface area (Å²) in [5, 5.41) is 1.93. The van der Waals surface area contributed by atoms with Gasteiger partial charge in [-0.15, -0.1) is 11.3 Å². The standard InChI is InChI=1S/C13H17N3O2S2/c1-9(2)13(11-4-3-7-19-11)16-20(17,18)10-5-6-15-12(14)8-10/h3-9,13,16H,1-2H3,(H2,14,15). The molecular formula is C13H17N3O2S2. The Kier molecular flexibility index (Phi) is 4.42. The van der Waals surface area contributed by atoms with Crippen LogP contribution < -0.4 is 10.5 Å². The minimum absolute atomic E-state index is 0.132. The lowest BCUT2D eigenvalue weighted by atomic mass is 10.0. The van der Waals surface area contributed by atoms with Crippen molar-refractivity contribution >= 4 is 27.2 Å². The van der Waals surface area contributed by atoms with Crippen LogP contribution in [0.1, 0.15) is 24.8 Å². The molecule has 0 amide bonds. The van der Waals surface area contributed by atoms with Gasteiger partial charge >= 0.3 is 0 Å². The number of nitrogens with one attached hydrogen (secondary N) is 1. The second-order valence-electron chi connectivity index (χ2n) is 4.77. The summed E-state index contributed by atoms with van der Waals surface area (Å²) in [6.45, 7) is 3.96. The fourth-order valence-electron chi connectivity index (χ4n) is 1.82. The number of nitrogens with two attached hydrogens (primary N) is 1. The topological polar surface area (TPSA) is 85.1 Å². The van der Waals surface area contributed by atoms with Crippen LogP contribution in [0, 0.1) is 5.92 Å². The number of aromatic nitrogens is 1. The maximum atomic E-state index is 12.4. The number of hydrogen-bond donors (Lipinski definition) is 2. The third-order valence-electron chi connectivity index (χ3n) is 2.86. The van der Waals surface area contributed by atoms with Crippen molar-refractivity contribution in [3.63, 3.8) is 0 Å². The first-order chi connectivity index (χ1) is 9.40. The molecule has 0 spiro atoms. The quantitative estimate of drug-likeness (QED) is 0.888. The van der Waals surface area contributed by atoms with Gasteiger partial charge in [-0.1, -0.05) is 19.9 Å². The van der Waals surface area contributed by atoms with E-state index < -0.39 is 10.0 Å². The van der Waals surface area contributed by atoms with E-state index in [1.54, 1.807) is 0 Å². The van der Waals surface area contributed by atoms with Crippen molar-refractivity contribution in [3.8, 4) is 0 Å². The van der Waals surface area contributed by atoms with Crippen molar-refractivity contribution in [2.75, 3.05) is 5.73 Å². The smallest absolute Gasteiger partial charge is 0.241 e. The normalized spacial score (nSPS) is 13.6. The minimum atomic E-state index is -3.62. The molecule has 2 heterocycles. The highest BCUT2D eigenvalue weighted by Gasteiger charge is 2.24. The maximum absolute atomic E-state index is 12.4. The molecule has 5 nitrogen and oxygen atoms in total. The molecule has 2 rings (SSSR count). The molecular weight excluding hydrogens is 294 g/mol. The molecule has 0 aliphatic heterocycles. The largest absolute Gasteiger partial charge is 0.384 e. The molecule has 3 N–H and O–H groups in total. The number of thiophene rings is 1. The molecule has 0 saturated heterocycles. The third kappa shape index (κ3) is 3.36. The lowest BCUT2D eigenvalue weighted by Gasteiger charge is -2.21. The van der Waals surface area contributed by atoms with Gasteiger partial charge in [0.1, 0.15) is 5.82 Å². The monoisotopic (exact) mass is 311 g/mol. The Hall–Kier alpha value is -1.44. The molecule has 0 aliphatic rings. The fraction of sp³-hybridized carbons (Fsp3) is 0.308. The van der Waals surface area contributed by atoms with Crippen molar-refractivity contribution in [2.24, 2.45) is 5.92 Å². The van der Waals surface area contributed by atoms with Crippen LogP contribution in [0.15, 0.2) is 40.7 Å². The number of nitrogens with zero attached hydrogens (tertiary/aromatic N) is 1. The predicted molar refractivity (Wildman–Crippen MR) is 80.9 cm³/mol. The van der Waals surface area contributed by atoms with Gasteiger partial charge in [-0.3, -0.25) is 0 Å². The average Bonchev–Trinajstić information content (AvgIpc) is 2.89. The Labute approximate surface area is 122 Å². The molecule has 0 saturated carbocycles. The maximum Gasteiger partial charge on any atom is 0.241 e. The molecule has 7 heteroatoms. The van der Waals surface area contributed by atoms with Gasteiger partial charge in [-0.2, -0.15) is 0 Å². The number of anilines is 1. The zero-order chi connectivity index (χ0) is 14.8. The molecule has 0 aromatic carbocycles. The summed E-state index contributed by atoms with van der Waals surface area (Å²) in [4.78, 5) is 4.93. The van der Waals surface area contributed by atoms with E-state index in [0.29, 0.717) is 0 Å². The summed E-state index contributed by atoms with van der Waals surface area (Å²) in [6, 6.07) is 6.38. The summed E-state index contributed by atoms with van der Waals surface area (Å²) in [7, 11) is -3.62. The molecule has 20 heavy (non-hydrogen) atoms. The van der Waals surface area contributed by atoms with E-state index in [0.717, 1.165) is 4.88 Å². The van der Waals surface area contributed by atoms with Crippen LogP contribution in [0.4, 0.5) is 5.82 Å². The molecule has 108 valence electrons. The Morgan fingerprint density at radius 3 is 2.65 bits per heavy atom. The predicted octanol–water partition coefficient (Wildman–Crippen LogP) is 2.40. The highest BCUT2D eigenvalue weighted by Crippen LogP contribution is 2.27. The zero-order valence-electron chi connectivity index (χ0n) is 11.3.